The largest absolute Gasteiger partial charge is 0.479 e. The van der Waals surface area contributed by atoms with Crippen LogP contribution in [0.4, 0.5) is 11.6 Å². The van der Waals surface area contributed by atoms with Crippen molar-refractivity contribution >= 4 is 61.5 Å². The average Bonchev–Trinajstić information content (AvgIpc) is 3.64. The van der Waals surface area contributed by atoms with Gasteiger partial charge in [0.2, 0.25) is 0 Å². The topological polar surface area (TPSA) is 180 Å². The second-order valence-electron chi connectivity index (χ2n) is 10.4. The number of aliphatic hydroxyl groups is 1. The number of para-hydroxylation sites is 2. The molecule has 0 fully saturated rings. The van der Waals surface area contributed by atoms with Crippen molar-refractivity contribution in [3.63, 3.8) is 0 Å². The summed E-state index contributed by atoms with van der Waals surface area (Å²) in [6.45, 7) is 1.95. The summed E-state index contributed by atoms with van der Waals surface area (Å²) in [6.07, 6.45) is 3.45. The number of aliphatic carboxylic acids is 1. The molecule has 6 N–H and O–H groups in total. The zero-order valence-electron chi connectivity index (χ0n) is 23.1. The molecular formula is C30H32N8O4. The van der Waals surface area contributed by atoms with Crippen molar-refractivity contribution in [2.45, 2.75) is 44.4 Å². The molecule has 4 heterocycles. The molecule has 12 heteroatoms. The number of hydrogen-bond acceptors (Lipinski definition) is 9. The summed E-state index contributed by atoms with van der Waals surface area (Å²) in [6, 6.07) is 14.7. The van der Waals surface area contributed by atoms with Gasteiger partial charge in [0.25, 0.3) is 0 Å². The zero-order chi connectivity index (χ0) is 29.4. The fourth-order valence-electron chi connectivity index (χ4n) is 5.65. The summed E-state index contributed by atoms with van der Waals surface area (Å²) >= 11 is 0. The number of rotatable bonds is 11. The van der Waals surface area contributed by atoms with Gasteiger partial charge in [0, 0.05) is 10.8 Å². The molecular weight excluding hydrogens is 536 g/mol. The molecule has 216 valence electrons. The van der Waals surface area contributed by atoms with Gasteiger partial charge < -0.3 is 35.6 Å². The van der Waals surface area contributed by atoms with Crippen molar-refractivity contribution in [1.82, 2.24) is 29.1 Å². The lowest BCUT2D eigenvalue weighted by Crippen LogP contribution is -2.28. The number of carboxylic acids is 1. The van der Waals surface area contributed by atoms with Crippen LogP contribution in [0.25, 0.3) is 43.9 Å². The highest BCUT2D eigenvalue weighted by Crippen LogP contribution is 2.32. The molecule has 0 saturated heterocycles. The third-order valence-corrected chi connectivity index (χ3v) is 7.87. The van der Waals surface area contributed by atoms with Crippen LogP contribution < -0.4 is 11.5 Å². The SMILES string of the molecule is CCC(COC(CCC(CO)n1cnc2c(N)nc3ccccc3c21)C(=O)O)n1cnc2c(N)nc3ccccc3c21. The van der Waals surface area contributed by atoms with Gasteiger partial charge in [-0.05, 0) is 31.4 Å². The molecule has 0 bridgehead atoms. The summed E-state index contributed by atoms with van der Waals surface area (Å²) in [5.41, 5.74) is 16.6. The Morgan fingerprint density at radius 3 is 1.88 bits per heavy atom. The summed E-state index contributed by atoms with van der Waals surface area (Å²) in [5, 5.41) is 22.1. The number of carboxylic acid groups (broad SMARTS) is 1. The number of carbonyl (C=O) groups is 1. The van der Waals surface area contributed by atoms with Crippen molar-refractivity contribution in [2.75, 3.05) is 24.7 Å². The molecule has 0 amide bonds. The number of nitrogen functional groups attached to an aromatic ring is 2. The number of nitrogens with zero attached hydrogens (tertiary/aromatic N) is 6. The number of imidazole rings is 2. The van der Waals surface area contributed by atoms with Gasteiger partial charge in [0.1, 0.15) is 11.0 Å². The van der Waals surface area contributed by atoms with Crippen molar-refractivity contribution in [3.05, 3.63) is 61.2 Å². The van der Waals surface area contributed by atoms with Gasteiger partial charge in [0.15, 0.2) is 17.7 Å². The van der Waals surface area contributed by atoms with Crippen LogP contribution in [-0.2, 0) is 9.53 Å². The highest BCUT2D eigenvalue weighted by molar-refractivity contribution is 6.07. The summed E-state index contributed by atoms with van der Waals surface area (Å²) in [7, 11) is 0. The van der Waals surface area contributed by atoms with E-state index in [2.05, 4.69) is 19.9 Å². The Kier molecular flexibility index (Phi) is 7.31. The molecule has 0 saturated carbocycles. The lowest BCUT2D eigenvalue weighted by molar-refractivity contribution is -0.151. The van der Waals surface area contributed by atoms with Crippen molar-refractivity contribution in [3.8, 4) is 0 Å². The number of aromatic nitrogens is 6. The predicted molar refractivity (Wildman–Crippen MR) is 161 cm³/mol. The van der Waals surface area contributed by atoms with Gasteiger partial charge in [0.05, 0.1) is 60.0 Å². The smallest absolute Gasteiger partial charge is 0.332 e. The van der Waals surface area contributed by atoms with Crippen LogP contribution in [-0.4, -0.2) is 64.6 Å². The number of nitrogens with two attached hydrogens (primary N) is 2. The number of benzene rings is 2. The van der Waals surface area contributed by atoms with Gasteiger partial charge in [-0.2, -0.15) is 0 Å². The van der Waals surface area contributed by atoms with E-state index in [1.165, 1.54) is 0 Å². The average molecular weight is 569 g/mol. The zero-order valence-corrected chi connectivity index (χ0v) is 23.1. The van der Waals surface area contributed by atoms with Gasteiger partial charge in [-0.3, -0.25) is 0 Å². The van der Waals surface area contributed by atoms with Crippen molar-refractivity contribution in [1.29, 1.82) is 0 Å². The van der Waals surface area contributed by atoms with Crippen LogP contribution >= 0.6 is 0 Å². The predicted octanol–water partition coefficient (Wildman–Crippen LogP) is 4.08. The van der Waals surface area contributed by atoms with Gasteiger partial charge in [-0.25, -0.2) is 24.7 Å². The Hall–Kier alpha value is -4.81. The third kappa shape index (κ3) is 4.74. The number of ether oxygens (including phenoxy) is 1. The maximum atomic E-state index is 12.3. The van der Waals surface area contributed by atoms with Crippen LogP contribution in [0.15, 0.2) is 61.2 Å². The minimum Gasteiger partial charge on any atom is -0.479 e. The van der Waals surface area contributed by atoms with Crippen LogP contribution in [0.1, 0.15) is 38.3 Å². The van der Waals surface area contributed by atoms with Crippen molar-refractivity contribution in [2.24, 2.45) is 0 Å². The van der Waals surface area contributed by atoms with Crippen LogP contribution in [0, 0.1) is 0 Å². The number of aliphatic hydroxyl groups excluding tert-OH is 1. The summed E-state index contributed by atoms with van der Waals surface area (Å²) in [5.74, 6) is -0.423. The normalized spacial score (nSPS) is 14.1. The van der Waals surface area contributed by atoms with E-state index >= 15 is 0 Å². The van der Waals surface area contributed by atoms with E-state index in [0.717, 1.165) is 32.8 Å². The quantitative estimate of drug-likeness (QED) is 0.178. The second kappa shape index (κ2) is 11.2. The van der Waals surface area contributed by atoms with E-state index in [-0.39, 0.29) is 25.7 Å². The monoisotopic (exact) mass is 568 g/mol. The molecule has 2 aromatic carbocycles. The number of anilines is 2. The first kappa shape index (κ1) is 27.4. The molecule has 3 atom stereocenters. The third-order valence-electron chi connectivity index (χ3n) is 7.87. The van der Waals surface area contributed by atoms with E-state index in [1.54, 1.807) is 12.7 Å². The molecule has 0 aliphatic carbocycles. The van der Waals surface area contributed by atoms with E-state index in [4.69, 9.17) is 16.2 Å². The molecule has 0 aliphatic heterocycles. The fraction of sp³-hybridized carbons (Fsp3) is 0.300. The first-order valence-electron chi connectivity index (χ1n) is 13.9. The fourth-order valence-corrected chi connectivity index (χ4v) is 5.65. The summed E-state index contributed by atoms with van der Waals surface area (Å²) in [4.78, 5) is 30.1. The lowest BCUT2D eigenvalue weighted by atomic mass is 10.1. The Morgan fingerprint density at radius 2 is 1.38 bits per heavy atom. The van der Waals surface area contributed by atoms with E-state index < -0.39 is 18.1 Å². The molecule has 0 spiro atoms. The molecule has 0 aliphatic rings. The first-order chi connectivity index (χ1) is 20.4. The Labute approximate surface area is 240 Å². The van der Waals surface area contributed by atoms with Crippen molar-refractivity contribution < 1.29 is 19.7 Å². The molecule has 6 aromatic rings. The second-order valence-corrected chi connectivity index (χ2v) is 10.4. The van der Waals surface area contributed by atoms with Gasteiger partial charge in [-0.15, -0.1) is 0 Å². The minimum atomic E-state index is -1.08. The van der Waals surface area contributed by atoms with Crippen LogP contribution in [0.2, 0.25) is 0 Å². The van der Waals surface area contributed by atoms with Crippen LogP contribution in [0.5, 0.6) is 0 Å². The van der Waals surface area contributed by atoms with Gasteiger partial charge >= 0.3 is 5.97 Å². The molecule has 3 unspecified atom stereocenters. The Bertz CT molecular complexity index is 1780. The van der Waals surface area contributed by atoms with E-state index in [1.807, 2.05) is 64.6 Å². The molecule has 0 radical (unpaired) electrons. The van der Waals surface area contributed by atoms with Gasteiger partial charge in [-0.1, -0.05) is 43.3 Å². The number of fused-ring (bicyclic) bond motifs is 6. The highest BCUT2D eigenvalue weighted by Gasteiger charge is 2.25. The Morgan fingerprint density at radius 1 is 0.857 bits per heavy atom. The van der Waals surface area contributed by atoms with E-state index in [0.29, 0.717) is 35.5 Å². The molecule has 12 nitrogen and oxygen atoms in total. The summed E-state index contributed by atoms with van der Waals surface area (Å²) < 4.78 is 9.87. The highest BCUT2D eigenvalue weighted by atomic mass is 16.5. The first-order valence-corrected chi connectivity index (χ1v) is 13.9. The Balaban J connectivity index is 1.23. The molecule has 4 aromatic heterocycles. The maximum Gasteiger partial charge on any atom is 0.332 e. The minimum absolute atomic E-state index is 0.153. The van der Waals surface area contributed by atoms with E-state index in [9.17, 15) is 15.0 Å². The number of hydrogen-bond donors (Lipinski definition) is 4. The molecule has 42 heavy (non-hydrogen) atoms. The molecule has 6 rings (SSSR count). The lowest BCUT2D eigenvalue weighted by Gasteiger charge is -2.23. The van der Waals surface area contributed by atoms with Crippen LogP contribution in [0.3, 0.4) is 0 Å². The number of pyridine rings is 2. The standard InChI is InChI=1S/C30H32N8O4/c1-2-17(37-15-33-24-26(37)19-7-3-5-9-21(19)35-28(24)31)14-42-23(30(40)41)12-11-18(13-39)38-16-34-25-27(38)20-8-4-6-10-22(20)36-29(25)32/h3-10,15-18,23,39H,2,11-14H2,1H3,(H2,31,35)(H2,32,36)(H,40,41). The maximum absolute atomic E-state index is 12.3.